The van der Waals surface area contributed by atoms with Crippen LogP contribution in [-0.4, -0.2) is 184 Å². The summed E-state index contributed by atoms with van der Waals surface area (Å²) in [5.41, 5.74) is -0.311. The van der Waals surface area contributed by atoms with Crippen molar-refractivity contribution in [3.8, 4) is 11.5 Å². The third-order valence-electron chi connectivity index (χ3n) is 10.7. The predicted octanol–water partition coefficient (Wildman–Crippen LogP) is 15.5. The molecule has 0 bridgehead atoms. The molecule has 4 aromatic heterocycles. The number of alkyl halides is 1. The fraction of sp³-hybridized carbons (Fsp3) is 0.607. The number of aromatic nitrogens is 4. The average molecular weight is 1560 g/mol. The molecule has 3 amide bonds. The number of aromatic hydroxyl groups is 1. The maximum absolute atomic E-state index is 11.9. The number of pyridine rings is 4. The number of carboxylic acid groups (broad SMARTS) is 1. The highest BCUT2D eigenvalue weighted by molar-refractivity contribution is 9.11. The van der Waals surface area contributed by atoms with Crippen molar-refractivity contribution in [2.75, 3.05) is 66.4 Å². The number of hydrogen-bond acceptors (Lipinski definition) is 16. The van der Waals surface area contributed by atoms with Gasteiger partial charge in [-0.05, 0) is 224 Å². The quantitative estimate of drug-likeness (QED) is 0.124. The number of rotatable bonds is 5. The van der Waals surface area contributed by atoms with E-state index in [-0.39, 0.29) is 52.5 Å². The van der Waals surface area contributed by atoms with E-state index in [1.165, 1.54) is 48.8 Å². The Bertz CT molecular complexity index is 2370. The number of aliphatic hydroxyl groups excluding tert-OH is 1. The first-order valence-electron chi connectivity index (χ1n) is 28.7. The van der Waals surface area contributed by atoms with Crippen molar-refractivity contribution >= 4 is 112 Å². The van der Waals surface area contributed by atoms with Gasteiger partial charge in [0.1, 0.15) is 41.0 Å². The fourth-order valence-electron chi connectivity index (χ4n) is 6.54. The summed E-state index contributed by atoms with van der Waals surface area (Å²) < 4.78 is 51.3. The summed E-state index contributed by atoms with van der Waals surface area (Å²) in [6.07, 6.45) is 21.0. The lowest BCUT2D eigenvalue weighted by atomic mass is 10.0. The van der Waals surface area contributed by atoms with Gasteiger partial charge in [-0.1, -0.05) is 27.7 Å². The van der Waals surface area contributed by atoms with Gasteiger partial charge in [-0.2, -0.15) is 0 Å². The summed E-state index contributed by atoms with van der Waals surface area (Å²) in [7, 11) is -1.00. The third kappa shape index (κ3) is 43.5. The second kappa shape index (κ2) is 48.5. The molecule has 4 aromatic rings. The molecule has 5 aliphatic heterocycles. The van der Waals surface area contributed by atoms with Crippen LogP contribution < -0.4 is 4.74 Å². The van der Waals surface area contributed by atoms with Gasteiger partial charge >= 0.3 is 24.2 Å². The molecule has 497 valence electrons. The number of aryl methyl sites for hydroxylation is 1. The van der Waals surface area contributed by atoms with Crippen molar-refractivity contribution in [1.29, 1.82) is 0 Å². The number of aliphatic carboxylic acids is 1. The second-order valence-electron chi connectivity index (χ2n) is 22.1. The molecule has 0 aromatic carbocycles. The molecule has 3 radical (unpaired) electrons. The Morgan fingerprint density at radius 3 is 1.20 bits per heavy atom. The molecular formula is C61H95BBr5FN7O13. The van der Waals surface area contributed by atoms with Gasteiger partial charge in [0.25, 0.3) is 0 Å². The molecule has 20 nitrogen and oxygen atoms in total. The number of carbonyl (C=O) groups excluding carboxylic acids is 3. The Kier molecular flexibility index (Phi) is 47.3. The molecular weight excluding hydrogens is 1470 g/mol. The van der Waals surface area contributed by atoms with E-state index in [1.54, 1.807) is 73.8 Å². The summed E-state index contributed by atoms with van der Waals surface area (Å²) in [5.74, 6) is -0.100. The number of amides is 3. The van der Waals surface area contributed by atoms with Crippen LogP contribution in [0.15, 0.2) is 96.2 Å². The first-order valence-corrected chi connectivity index (χ1v) is 32.0. The van der Waals surface area contributed by atoms with Crippen molar-refractivity contribution in [2.45, 2.75) is 177 Å². The number of nitrogens with zero attached hydrogens (tertiary/aromatic N) is 7. The maximum atomic E-state index is 11.9. The summed E-state index contributed by atoms with van der Waals surface area (Å²) in [6, 6.07) is 6.72. The minimum Gasteiger partial charge on any atom is -0.506 e. The lowest BCUT2D eigenvalue weighted by Gasteiger charge is -2.40. The van der Waals surface area contributed by atoms with Gasteiger partial charge in [-0.3, -0.25) is 29.2 Å². The minimum absolute atomic E-state index is 0. The number of ether oxygens (including phenoxy) is 6. The van der Waals surface area contributed by atoms with Crippen molar-refractivity contribution in [3.05, 3.63) is 102 Å². The normalized spacial score (nSPS) is 16.6. The van der Waals surface area contributed by atoms with E-state index in [0.29, 0.717) is 31.9 Å². The molecule has 0 saturated carbocycles. The predicted molar refractivity (Wildman–Crippen MR) is 362 cm³/mol. The number of carbonyl (C=O) groups is 4. The van der Waals surface area contributed by atoms with Crippen molar-refractivity contribution in [2.24, 2.45) is 0 Å². The van der Waals surface area contributed by atoms with Crippen LogP contribution >= 0.6 is 79.6 Å². The third-order valence-corrected chi connectivity index (χ3v) is 12.8. The standard InChI is InChI=1S/C14H19BrN2O3.C9H15NO4.C9H17NO3.C6H6BrN.C5H3Br2N.C5H4BrNO.2C4H8O.C3H8.CH3F.CH4.B/c1-14(2,3)20-13(18)17-5-4-11(17)9-19-12-6-10(15)7-16-8-12;1-9(2,3)14-8(13)10-5-4-6(10)7(11)12;1-9(2,3)13-8(12)10-5-4-7(10)6-11;1-5-2-6(7)4-8-3-5;6-4-1-5(7)3-8-2-4;6-4-1-5(8)3-7-2-4;2*1-2-4-5-3-1;1-3-2;1-2;;/h6-8,11H,4-5,9H2,1-3H3;6H,4-5H2,1-3H3,(H,11,12);7,11H,4-6H2,1-3H3;2-4H,1H3;1-3H;1-3,8H;2*1-4H2;3H2,1-2H3;1H3;1H4;/t;6-;7-;;;;;;;;;/m.00........./s1/i;;;;;;;;;1D;;. The van der Waals surface area contributed by atoms with Crippen molar-refractivity contribution < 1.29 is 68.7 Å². The van der Waals surface area contributed by atoms with Gasteiger partial charge in [0.05, 0.1) is 39.6 Å². The highest BCUT2D eigenvalue weighted by Gasteiger charge is 2.40. The SMILES string of the molecule is Brc1cncc(Br)c1.C.C1CCOC1.C1CCOC1.CC(C)(C)OC(=O)N1CCC1COc1cncc(Br)c1.CC(C)(C)OC(=O)N1CC[C@H]1C(=O)O.CC(C)(C)OC(=O)N1CC[C@H]1CO.CCC.Cc1cncc(Br)c1.Oc1cncc(Br)c1.[2H]CF.[B]. The van der Waals surface area contributed by atoms with E-state index < -0.39 is 42.1 Å². The Morgan fingerprint density at radius 2 is 0.955 bits per heavy atom. The second-order valence-corrected chi connectivity index (χ2v) is 26.7. The van der Waals surface area contributed by atoms with Crippen molar-refractivity contribution in [3.63, 3.8) is 0 Å². The summed E-state index contributed by atoms with van der Waals surface area (Å²) in [4.78, 5) is 65.4. The van der Waals surface area contributed by atoms with E-state index in [9.17, 15) is 23.6 Å². The molecule has 88 heavy (non-hydrogen) atoms. The van der Waals surface area contributed by atoms with Crippen LogP contribution in [0.2, 0.25) is 0 Å². The van der Waals surface area contributed by atoms with Gasteiger partial charge in [-0.25, -0.2) is 19.2 Å². The number of halogens is 6. The molecule has 27 heteroatoms. The lowest BCUT2D eigenvalue weighted by Crippen LogP contribution is -2.56. The van der Waals surface area contributed by atoms with E-state index in [4.69, 9.17) is 45.1 Å². The molecule has 3 N–H and O–H groups in total. The number of carboxylic acids is 1. The van der Waals surface area contributed by atoms with Gasteiger partial charge in [0.15, 0.2) is 0 Å². The van der Waals surface area contributed by atoms with Gasteiger partial charge in [0, 0.05) is 114 Å². The topological polar surface area (TPSA) is 246 Å². The Hall–Kier alpha value is -4.25. The first kappa shape index (κ1) is 85.8. The van der Waals surface area contributed by atoms with Gasteiger partial charge in [-0.15, -0.1) is 0 Å². The Morgan fingerprint density at radius 1 is 0.602 bits per heavy atom. The van der Waals surface area contributed by atoms with Gasteiger partial charge < -0.3 is 53.5 Å². The molecule has 5 fully saturated rings. The Labute approximate surface area is 568 Å². The number of aliphatic hydroxyl groups is 1. The summed E-state index contributed by atoms with van der Waals surface area (Å²) in [6.45, 7) is 29.0. The van der Waals surface area contributed by atoms with Crippen LogP contribution in [0.3, 0.4) is 0 Å². The van der Waals surface area contributed by atoms with E-state index in [0.717, 1.165) is 68.2 Å². The zero-order valence-corrected chi connectivity index (χ0v) is 60.2. The van der Waals surface area contributed by atoms with Crippen LogP contribution in [0, 0.1) is 6.92 Å². The van der Waals surface area contributed by atoms with Crippen LogP contribution in [0.5, 0.6) is 11.5 Å². The van der Waals surface area contributed by atoms with Crippen molar-refractivity contribution in [1.82, 2.24) is 34.6 Å². The van der Waals surface area contributed by atoms with E-state index >= 15 is 0 Å². The fourth-order valence-corrected chi connectivity index (χ4v) is 8.75. The first-order chi connectivity index (χ1) is 40.8. The smallest absolute Gasteiger partial charge is 0.411 e. The Balaban J connectivity index is -0.000000967. The highest BCUT2D eigenvalue weighted by Crippen LogP contribution is 2.25. The maximum Gasteiger partial charge on any atom is 0.411 e. The molecule has 0 spiro atoms. The molecule has 0 aliphatic carbocycles. The van der Waals surface area contributed by atoms with Gasteiger partial charge in [0.2, 0.25) is 0 Å². The molecule has 5 saturated heterocycles. The summed E-state index contributed by atoms with van der Waals surface area (Å²) >= 11 is 16.3. The molecule has 3 atom stereocenters. The van der Waals surface area contributed by atoms with Crippen LogP contribution in [0.4, 0.5) is 18.8 Å². The lowest BCUT2D eigenvalue weighted by molar-refractivity contribution is -0.147. The number of hydrogen-bond donors (Lipinski definition) is 3. The van der Waals surface area contributed by atoms with E-state index in [2.05, 4.69) is 113 Å². The van der Waals surface area contributed by atoms with Crippen LogP contribution in [-0.2, 0) is 28.5 Å². The summed E-state index contributed by atoms with van der Waals surface area (Å²) in [5, 5.41) is 26.3. The molecule has 1 unspecified atom stereocenters. The molecule has 9 heterocycles. The molecule has 5 aliphatic rings. The van der Waals surface area contributed by atoms with E-state index in [1.807, 2.05) is 72.9 Å². The number of likely N-dealkylation sites (tertiary alicyclic amines) is 3. The largest absolute Gasteiger partial charge is 0.506 e. The molecule has 9 rings (SSSR count). The van der Waals surface area contributed by atoms with Crippen LogP contribution in [0.1, 0.15) is 142 Å². The average Bonchev–Trinajstić information content (AvgIpc) is 3.91. The zero-order valence-electron chi connectivity index (χ0n) is 53.3. The minimum atomic E-state index is -1.00. The highest BCUT2D eigenvalue weighted by atomic mass is 79.9. The zero-order chi connectivity index (χ0) is 66.2. The monoisotopic (exact) mass is 1560 g/mol. The van der Waals surface area contributed by atoms with Crippen LogP contribution in [0.25, 0.3) is 0 Å².